The lowest BCUT2D eigenvalue weighted by Crippen LogP contribution is -2.52. The summed E-state index contributed by atoms with van der Waals surface area (Å²) in [6.45, 7) is 6.37. The molecule has 4 aromatic rings. The van der Waals surface area contributed by atoms with Crippen molar-refractivity contribution in [3.8, 4) is 17.0 Å². The number of benzene rings is 3. The summed E-state index contributed by atoms with van der Waals surface area (Å²) in [6.07, 6.45) is 0. The molecule has 1 fully saturated rings. The van der Waals surface area contributed by atoms with Gasteiger partial charge in [-0.3, -0.25) is 9.59 Å². The number of aryl methyl sites for hydroxylation is 1. The third-order valence-electron chi connectivity index (χ3n) is 7.59. The number of amides is 2. The third kappa shape index (κ3) is 6.54. The third-order valence-corrected chi connectivity index (χ3v) is 7.59. The topological polar surface area (TPSA) is 78.9 Å². The van der Waals surface area contributed by atoms with Crippen LogP contribution in [0.4, 0.5) is 5.82 Å². The molecular weight excluding hydrogens is 514 g/mol. The summed E-state index contributed by atoms with van der Waals surface area (Å²) in [5, 5.41) is 8.89. The summed E-state index contributed by atoms with van der Waals surface area (Å²) in [7, 11) is 1.57. The Morgan fingerprint density at radius 3 is 2.27 bits per heavy atom. The predicted molar refractivity (Wildman–Crippen MR) is 160 cm³/mol. The zero-order chi connectivity index (χ0) is 28.8. The van der Waals surface area contributed by atoms with Crippen LogP contribution in [0.1, 0.15) is 34.5 Å². The maximum atomic E-state index is 13.7. The molecule has 2 amide bonds. The lowest BCUT2D eigenvalue weighted by atomic mass is 10.1. The molecule has 1 aromatic heterocycles. The average molecular weight is 550 g/mol. The first-order chi connectivity index (χ1) is 19.9. The van der Waals surface area contributed by atoms with Gasteiger partial charge in [0.2, 0.25) is 5.91 Å². The van der Waals surface area contributed by atoms with Crippen molar-refractivity contribution in [2.45, 2.75) is 19.9 Å². The molecule has 3 aromatic carbocycles. The molecule has 1 atom stereocenters. The number of methoxy groups -OCH3 is 1. The van der Waals surface area contributed by atoms with Crippen LogP contribution in [0, 0.1) is 6.92 Å². The molecule has 8 heteroatoms. The summed E-state index contributed by atoms with van der Waals surface area (Å²) in [4.78, 5) is 32.9. The second-order valence-corrected chi connectivity index (χ2v) is 10.3. The Bertz CT molecular complexity index is 1470. The van der Waals surface area contributed by atoms with Gasteiger partial charge in [-0.1, -0.05) is 66.2 Å². The second-order valence-electron chi connectivity index (χ2n) is 10.3. The minimum absolute atomic E-state index is 0.0167. The number of hydrogen-bond acceptors (Lipinski definition) is 6. The highest BCUT2D eigenvalue weighted by Crippen LogP contribution is 2.25. The van der Waals surface area contributed by atoms with Crippen molar-refractivity contribution >= 4 is 17.6 Å². The van der Waals surface area contributed by atoms with E-state index in [1.54, 1.807) is 36.3 Å². The molecule has 0 radical (unpaired) electrons. The zero-order valence-electron chi connectivity index (χ0n) is 23.7. The van der Waals surface area contributed by atoms with Crippen molar-refractivity contribution in [1.82, 2.24) is 20.0 Å². The molecule has 0 spiro atoms. The SMILES string of the molecule is COc1cccc(C(=O)N(CC(=O)N2CCN(c3ccc(-c4ccc(C)cc4)nn3)CC2)[C@@H](C)c2ccccc2)c1. The largest absolute Gasteiger partial charge is 0.497 e. The summed E-state index contributed by atoms with van der Waals surface area (Å²) < 4.78 is 5.33. The molecule has 0 unspecified atom stereocenters. The molecule has 0 saturated carbocycles. The maximum Gasteiger partial charge on any atom is 0.254 e. The monoisotopic (exact) mass is 549 g/mol. The van der Waals surface area contributed by atoms with E-state index in [0.717, 1.165) is 22.6 Å². The van der Waals surface area contributed by atoms with Crippen molar-refractivity contribution in [2.24, 2.45) is 0 Å². The lowest BCUT2D eigenvalue weighted by molar-refractivity contribution is -0.132. The van der Waals surface area contributed by atoms with Crippen LogP contribution in [0.5, 0.6) is 5.75 Å². The molecule has 1 saturated heterocycles. The van der Waals surface area contributed by atoms with Gasteiger partial charge in [0.25, 0.3) is 5.91 Å². The highest BCUT2D eigenvalue weighted by molar-refractivity contribution is 5.97. The maximum absolute atomic E-state index is 13.7. The Morgan fingerprint density at radius 2 is 1.61 bits per heavy atom. The predicted octanol–water partition coefficient (Wildman–Crippen LogP) is 5.01. The van der Waals surface area contributed by atoms with E-state index in [0.29, 0.717) is 37.5 Å². The fourth-order valence-electron chi connectivity index (χ4n) is 5.02. The molecule has 210 valence electrons. The Balaban J connectivity index is 1.25. The average Bonchev–Trinajstić information content (AvgIpc) is 3.04. The van der Waals surface area contributed by atoms with E-state index in [2.05, 4.69) is 34.2 Å². The zero-order valence-corrected chi connectivity index (χ0v) is 23.7. The van der Waals surface area contributed by atoms with Gasteiger partial charge < -0.3 is 19.4 Å². The quantitative estimate of drug-likeness (QED) is 0.307. The summed E-state index contributed by atoms with van der Waals surface area (Å²) >= 11 is 0. The number of piperazine rings is 1. The van der Waals surface area contributed by atoms with Crippen LogP contribution in [0.15, 0.2) is 91.0 Å². The Hall–Kier alpha value is -4.72. The van der Waals surface area contributed by atoms with Crippen LogP contribution in [0.25, 0.3) is 11.3 Å². The number of anilines is 1. The van der Waals surface area contributed by atoms with Gasteiger partial charge >= 0.3 is 0 Å². The normalized spacial score (nSPS) is 13.9. The van der Waals surface area contributed by atoms with E-state index in [1.807, 2.05) is 66.4 Å². The number of ether oxygens (including phenoxy) is 1. The van der Waals surface area contributed by atoms with E-state index in [9.17, 15) is 9.59 Å². The Morgan fingerprint density at radius 1 is 0.878 bits per heavy atom. The fraction of sp³-hybridized carbons (Fsp3) is 0.273. The number of carbonyl (C=O) groups excluding carboxylic acids is 2. The minimum Gasteiger partial charge on any atom is -0.497 e. The van der Waals surface area contributed by atoms with E-state index in [1.165, 1.54) is 5.56 Å². The number of hydrogen-bond donors (Lipinski definition) is 0. The van der Waals surface area contributed by atoms with Crippen LogP contribution < -0.4 is 9.64 Å². The smallest absolute Gasteiger partial charge is 0.254 e. The van der Waals surface area contributed by atoms with Crippen molar-refractivity contribution in [3.63, 3.8) is 0 Å². The summed E-state index contributed by atoms with van der Waals surface area (Å²) in [5.41, 5.74) is 4.51. The molecular formula is C33H35N5O3. The van der Waals surface area contributed by atoms with Crippen LogP contribution in [-0.2, 0) is 4.79 Å². The Kier molecular flexibility index (Phi) is 8.58. The molecule has 0 aliphatic carbocycles. The number of nitrogens with zero attached hydrogens (tertiary/aromatic N) is 5. The van der Waals surface area contributed by atoms with E-state index in [-0.39, 0.29) is 24.4 Å². The van der Waals surface area contributed by atoms with Crippen LogP contribution in [0.3, 0.4) is 0 Å². The molecule has 1 aliphatic rings. The molecule has 41 heavy (non-hydrogen) atoms. The van der Waals surface area contributed by atoms with Gasteiger partial charge in [0.15, 0.2) is 5.82 Å². The van der Waals surface area contributed by atoms with Gasteiger partial charge in [0.1, 0.15) is 12.3 Å². The first kappa shape index (κ1) is 27.8. The molecule has 0 bridgehead atoms. The second kappa shape index (κ2) is 12.6. The number of carbonyl (C=O) groups is 2. The highest BCUT2D eigenvalue weighted by atomic mass is 16.5. The van der Waals surface area contributed by atoms with Crippen molar-refractivity contribution in [3.05, 3.63) is 108 Å². The van der Waals surface area contributed by atoms with Crippen LogP contribution in [0.2, 0.25) is 0 Å². The van der Waals surface area contributed by atoms with Gasteiger partial charge in [0.05, 0.1) is 18.8 Å². The van der Waals surface area contributed by atoms with Gasteiger partial charge in [-0.05, 0) is 49.7 Å². The van der Waals surface area contributed by atoms with Gasteiger partial charge in [-0.25, -0.2) is 0 Å². The minimum atomic E-state index is -0.289. The Labute approximate surface area is 241 Å². The fourth-order valence-corrected chi connectivity index (χ4v) is 5.02. The van der Waals surface area contributed by atoms with E-state index in [4.69, 9.17) is 4.74 Å². The van der Waals surface area contributed by atoms with Gasteiger partial charge in [0, 0.05) is 37.3 Å². The van der Waals surface area contributed by atoms with Crippen LogP contribution in [-0.4, -0.2) is 71.6 Å². The standard InChI is InChI=1S/C33H35N5O3/c1-24-12-14-27(15-13-24)30-16-17-31(35-34-30)36-18-20-37(21-19-36)32(39)23-38(25(2)26-8-5-4-6-9-26)33(40)28-10-7-11-29(22-28)41-3/h4-17,22,25H,18-21,23H2,1-3H3/t25-/m0/s1. The van der Waals surface area contributed by atoms with E-state index >= 15 is 0 Å². The first-order valence-corrected chi connectivity index (χ1v) is 13.9. The number of rotatable bonds is 8. The van der Waals surface area contributed by atoms with Crippen molar-refractivity contribution in [2.75, 3.05) is 44.7 Å². The lowest BCUT2D eigenvalue weighted by Gasteiger charge is -2.37. The molecule has 1 aliphatic heterocycles. The van der Waals surface area contributed by atoms with Gasteiger partial charge in [-0.2, -0.15) is 0 Å². The first-order valence-electron chi connectivity index (χ1n) is 13.9. The van der Waals surface area contributed by atoms with E-state index < -0.39 is 0 Å². The van der Waals surface area contributed by atoms with Crippen molar-refractivity contribution < 1.29 is 14.3 Å². The summed E-state index contributed by atoms with van der Waals surface area (Å²) in [5.74, 6) is 1.10. The van der Waals surface area contributed by atoms with Gasteiger partial charge in [-0.15, -0.1) is 10.2 Å². The molecule has 0 N–H and O–H groups in total. The number of aromatic nitrogens is 2. The summed E-state index contributed by atoms with van der Waals surface area (Å²) in [6, 6.07) is 28.7. The highest BCUT2D eigenvalue weighted by Gasteiger charge is 2.29. The molecule has 8 nitrogen and oxygen atoms in total. The van der Waals surface area contributed by atoms with Crippen LogP contribution >= 0.6 is 0 Å². The molecule has 5 rings (SSSR count). The molecule has 2 heterocycles. The van der Waals surface area contributed by atoms with Crippen molar-refractivity contribution in [1.29, 1.82) is 0 Å².